The number of piperidine rings is 1. The number of rotatable bonds is 6. The molecule has 26 heavy (non-hydrogen) atoms. The van der Waals surface area contributed by atoms with E-state index in [2.05, 4.69) is 5.32 Å². The Morgan fingerprint density at radius 3 is 2.31 bits per heavy atom. The predicted molar refractivity (Wildman–Crippen MR) is 93.9 cm³/mol. The summed E-state index contributed by atoms with van der Waals surface area (Å²) in [6, 6.07) is 4.14. The van der Waals surface area contributed by atoms with Gasteiger partial charge in [0.05, 0.1) is 0 Å². The minimum atomic E-state index is -0.887. The second-order valence-electron chi connectivity index (χ2n) is 6.75. The molecule has 0 aromatic heterocycles. The molecule has 1 heterocycles. The third kappa shape index (κ3) is 5.54. The fourth-order valence-electron chi connectivity index (χ4n) is 2.78. The number of hydrogen-bond acceptors (Lipinski definition) is 4. The molecule has 1 unspecified atom stereocenters. The van der Waals surface area contributed by atoms with E-state index in [0.29, 0.717) is 13.1 Å². The van der Waals surface area contributed by atoms with Gasteiger partial charge in [0.15, 0.2) is 6.61 Å². The van der Waals surface area contributed by atoms with E-state index in [0.717, 1.165) is 19.3 Å². The van der Waals surface area contributed by atoms with Gasteiger partial charge in [0.2, 0.25) is 0 Å². The molecule has 2 rings (SSSR count). The van der Waals surface area contributed by atoms with Crippen LogP contribution in [-0.2, 0) is 14.3 Å². The lowest BCUT2D eigenvalue weighted by molar-refractivity contribution is -0.154. The highest BCUT2D eigenvalue weighted by molar-refractivity contribution is 5.97. The van der Waals surface area contributed by atoms with Gasteiger partial charge in [0, 0.05) is 18.7 Å². The molecule has 1 fully saturated rings. The summed E-state index contributed by atoms with van der Waals surface area (Å²) in [5, 5.41) is 2.59. The Kier molecular flexibility index (Phi) is 7.12. The summed E-state index contributed by atoms with van der Waals surface area (Å²) in [6.07, 6.45) is 3.03. The fourth-order valence-corrected chi connectivity index (χ4v) is 2.78. The van der Waals surface area contributed by atoms with Crippen molar-refractivity contribution in [2.24, 2.45) is 5.92 Å². The molecular formula is C19H25FN2O4. The van der Waals surface area contributed by atoms with Gasteiger partial charge >= 0.3 is 5.97 Å². The SMILES string of the molecule is CC(C)C(NC(=O)c1ccc(F)cc1)C(=O)OCC(=O)N1CCCCC1. The van der Waals surface area contributed by atoms with Crippen molar-refractivity contribution < 1.29 is 23.5 Å². The molecule has 0 bridgehead atoms. The summed E-state index contributed by atoms with van der Waals surface area (Å²) >= 11 is 0. The highest BCUT2D eigenvalue weighted by Crippen LogP contribution is 2.10. The summed E-state index contributed by atoms with van der Waals surface area (Å²) in [7, 11) is 0. The molecule has 1 aromatic rings. The van der Waals surface area contributed by atoms with Crippen molar-refractivity contribution in [3.05, 3.63) is 35.6 Å². The van der Waals surface area contributed by atoms with E-state index in [1.165, 1.54) is 24.3 Å². The van der Waals surface area contributed by atoms with Gasteiger partial charge in [-0.25, -0.2) is 9.18 Å². The molecule has 142 valence electrons. The Morgan fingerprint density at radius 1 is 1.12 bits per heavy atom. The zero-order valence-electron chi connectivity index (χ0n) is 15.2. The zero-order valence-corrected chi connectivity index (χ0v) is 15.2. The number of nitrogens with zero attached hydrogens (tertiary/aromatic N) is 1. The number of nitrogens with one attached hydrogen (secondary N) is 1. The molecule has 1 atom stereocenters. The van der Waals surface area contributed by atoms with Crippen LogP contribution in [0.15, 0.2) is 24.3 Å². The standard InChI is InChI=1S/C19H25FN2O4/c1-13(2)17(21-18(24)14-6-8-15(20)9-7-14)19(25)26-12-16(23)22-10-4-3-5-11-22/h6-9,13,17H,3-5,10-12H2,1-2H3,(H,21,24). The second-order valence-corrected chi connectivity index (χ2v) is 6.75. The summed E-state index contributed by atoms with van der Waals surface area (Å²) in [5.41, 5.74) is 0.245. The first-order valence-electron chi connectivity index (χ1n) is 8.89. The normalized spacial score (nSPS) is 15.5. The van der Waals surface area contributed by atoms with Crippen molar-refractivity contribution in [1.29, 1.82) is 0 Å². The van der Waals surface area contributed by atoms with Crippen molar-refractivity contribution in [1.82, 2.24) is 10.2 Å². The minimum Gasteiger partial charge on any atom is -0.454 e. The summed E-state index contributed by atoms with van der Waals surface area (Å²) in [4.78, 5) is 38.4. The largest absolute Gasteiger partial charge is 0.454 e. The van der Waals surface area contributed by atoms with Crippen LogP contribution in [0, 0.1) is 11.7 Å². The van der Waals surface area contributed by atoms with E-state index in [1.807, 2.05) is 0 Å². The summed E-state index contributed by atoms with van der Waals surface area (Å²) in [5.74, 6) is -2.04. The van der Waals surface area contributed by atoms with Gasteiger partial charge in [-0.15, -0.1) is 0 Å². The van der Waals surface area contributed by atoms with E-state index in [4.69, 9.17) is 4.74 Å². The van der Waals surface area contributed by atoms with E-state index in [1.54, 1.807) is 18.7 Å². The molecule has 6 nitrogen and oxygen atoms in total. The topological polar surface area (TPSA) is 75.7 Å². The number of ether oxygens (including phenoxy) is 1. The Labute approximate surface area is 152 Å². The van der Waals surface area contributed by atoms with Gasteiger partial charge < -0.3 is 15.0 Å². The number of benzene rings is 1. The summed E-state index contributed by atoms with van der Waals surface area (Å²) in [6.45, 7) is 4.58. The van der Waals surface area contributed by atoms with Gasteiger partial charge in [-0.3, -0.25) is 9.59 Å². The van der Waals surface area contributed by atoms with E-state index in [-0.39, 0.29) is 24.0 Å². The molecule has 1 aromatic carbocycles. The summed E-state index contributed by atoms with van der Waals surface area (Å²) < 4.78 is 18.1. The van der Waals surface area contributed by atoms with Gasteiger partial charge in [-0.1, -0.05) is 13.8 Å². The van der Waals surface area contributed by atoms with Crippen LogP contribution in [0.25, 0.3) is 0 Å². The maximum atomic E-state index is 13.0. The smallest absolute Gasteiger partial charge is 0.329 e. The molecule has 1 aliphatic rings. The first-order valence-corrected chi connectivity index (χ1v) is 8.89. The zero-order chi connectivity index (χ0) is 19.1. The van der Waals surface area contributed by atoms with Crippen LogP contribution in [0.5, 0.6) is 0 Å². The highest BCUT2D eigenvalue weighted by Gasteiger charge is 2.27. The molecule has 0 saturated carbocycles. The van der Waals surface area contributed by atoms with Crippen molar-refractivity contribution in [3.63, 3.8) is 0 Å². The van der Waals surface area contributed by atoms with Gasteiger partial charge in [-0.2, -0.15) is 0 Å². The Bertz CT molecular complexity index is 639. The van der Waals surface area contributed by atoms with Crippen LogP contribution in [0.4, 0.5) is 4.39 Å². The maximum Gasteiger partial charge on any atom is 0.329 e. The van der Waals surface area contributed by atoms with Crippen LogP contribution in [0.3, 0.4) is 0 Å². The Morgan fingerprint density at radius 2 is 1.73 bits per heavy atom. The molecule has 7 heteroatoms. The first-order chi connectivity index (χ1) is 12.4. The number of halogens is 1. The number of likely N-dealkylation sites (tertiary alicyclic amines) is 1. The van der Waals surface area contributed by atoms with Crippen molar-refractivity contribution in [3.8, 4) is 0 Å². The lowest BCUT2D eigenvalue weighted by atomic mass is 10.0. The third-order valence-corrected chi connectivity index (χ3v) is 4.36. The van der Waals surface area contributed by atoms with Crippen LogP contribution < -0.4 is 5.32 Å². The molecule has 1 saturated heterocycles. The number of carbonyl (C=O) groups excluding carboxylic acids is 3. The predicted octanol–water partition coefficient (Wildman–Crippen LogP) is 2.14. The molecule has 0 aliphatic carbocycles. The van der Waals surface area contributed by atoms with Crippen LogP contribution in [0.1, 0.15) is 43.5 Å². The number of hydrogen-bond donors (Lipinski definition) is 1. The number of esters is 1. The average molecular weight is 364 g/mol. The highest BCUT2D eigenvalue weighted by atomic mass is 19.1. The number of amides is 2. The number of carbonyl (C=O) groups is 3. The molecule has 0 radical (unpaired) electrons. The van der Waals surface area contributed by atoms with E-state index in [9.17, 15) is 18.8 Å². The molecule has 1 N–H and O–H groups in total. The maximum absolute atomic E-state index is 13.0. The van der Waals surface area contributed by atoms with E-state index >= 15 is 0 Å². The van der Waals surface area contributed by atoms with Gasteiger partial charge in [0.25, 0.3) is 11.8 Å². The van der Waals surface area contributed by atoms with Crippen LogP contribution in [0.2, 0.25) is 0 Å². The fraction of sp³-hybridized carbons (Fsp3) is 0.526. The van der Waals surface area contributed by atoms with Crippen LogP contribution >= 0.6 is 0 Å². The monoisotopic (exact) mass is 364 g/mol. The third-order valence-electron chi connectivity index (χ3n) is 4.36. The van der Waals surface area contributed by atoms with Gasteiger partial charge in [0.1, 0.15) is 11.9 Å². The quantitative estimate of drug-likeness (QED) is 0.785. The van der Waals surface area contributed by atoms with Crippen LogP contribution in [-0.4, -0.2) is 48.4 Å². The van der Waals surface area contributed by atoms with E-state index < -0.39 is 23.7 Å². The molecule has 1 aliphatic heterocycles. The molecule has 0 spiro atoms. The Hall–Kier alpha value is -2.44. The average Bonchev–Trinajstić information content (AvgIpc) is 2.64. The first kappa shape index (κ1) is 19.9. The van der Waals surface area contributed by atoms with Crippen molar-refractivity contribution in [2.45, 2.75) is 39.2 Å². The minimum absolute atomic E-state index is 0.217. The van der Waals surface area contributed by atoms with Gasteiger partial charge in [-0.05, 0) is 49.4 Å². The van der Waals surface area contributed by atoms with Crippen molar-refractivity contribution >= 4 is 17.8 Å². The molecule has 2 amide bonds. The van der Waals surface area contributed by atoms with Crippen molar-refractivity contribution in [2.75, 3.05) is 19.7 Å². The second kappa shape index (κ2) is 9.31. The Balaban J connectivity index is 1.90. The lowest BCUT2D eigenvalue weighted by Gasteiger charge is -2.27. The lowest BCUT2D eigenvalue weighted by Crippen LogP contribution is -2.46. The molecular weight excluding hydrogens is 339 g/mol.